The third kappa shape index (κ3) is 3.75. The lowest BCUT2D eigenvalue weighted by molar-refractivity contribution is 0.418. The number of sulfonamides is 1. The number of benzene rings is 2. The Labute approximate surface area is 193 Å². The lowest BCUT2D eigenvalue weighted by atomic mass is 10.0. The lowest BCUT2D eigenvalue weighted by Gasteiger charge is -2.15. The fraction of sp³-hybridized carbons (Fsp3) is 0.0455. The topological polar surface area (TPSA) is 101 Å². The van der Waals surface area contributed by atoms with Crippen molar-refractivity contribution in [3.63, 3.8) is 0 Å². The quantitative estimate of drug-likeness (QED) is 0.372. The van der Waals surface area contributed by atoms with Gasteiger partial charge in [0.2, 0.25) is 0 Å². The number of nitrogens with zero attached hydrogens (tertiary/aromatic N) is 2. The summed E-state index contributed by atoms with van der Waals surface area (Å²) in [6.07, 6.45) is 5.04. The van der Waals surface area contributed by atoms with E-state index < -0.39 is 10.0 Å². The molecule has 0 unspecified atom stereocenters. The highest BCUT2D eigenvalue weighted by Crippen LogP contribution is 2.35. The standard InChI is InChI=1S/C22H15ClN4O3S2/c23-17-12-19-16(11-15(17)13-4-2-1-3-5-13)22(25-24-19)27-32(28,29)21-10-14(6-7-20(21)31)18-8-9-30-26-18/h1-6,8-12H,7H2,(H2,24,25,27). The highest BCUT2D eigenvalue weighted by molar-refractivity contribution is 7.99. The van der Waals surface area contributed by atoms with Gasteiger partial charge in [0, 0.05) is 33.9 Å². The maximum atomic E-state index is 13.2. The zero-order valence-corrected chi connectivity index (χ0v) is 18.8. The smallest absolute Gasteiger partial charge is 0.264 e. The summed E-state index contributed by atoms with van der Waals surface area (Å²) >= 11 is 11.8. The van der Waals surface area contributed by atoms with Crippen molar-refractivity contribution in [1.29, 1.82) is 0 Å². The van der Waals surface area contributed by atoms with Gasteiger partial charge in [0.25, 0.3) is 10.0 Å². The minimum absolute atomic E-state index is 0.00129. The van der Waals surface area contributed by atoms with Gasteiger partial charge in [-0.1, -0.05) is 65.4 Å². The van der Waals surface area contributed by atoms with Crippen LogP contribution in [0.15, 0.2) is 76.4 Å². The average molecular weight is 483 g/mol. The van der Waals surface area contributed by atoms with Gasteiger partial charge in [-0.05, 0) is 23.8 Å². The van der Waals surface area contributed by atoms with Crippen molar-refractivity contribution in [3.05, 3.63) is 82.6 Å². The molecule has 0 spiro atoms. The van der Waals surface area contributed by atoms with Crippen LogP contribution in [-0.4, -0.2) is 28.6 Å². The second-order valence-corrected chi connectivity index (χ2v) is 9.65. The second-order valence-electron chi connectivity index (χ2n) is 7.10. The Morgan fingerprint density at radius 2 is 1.97 bits per heavy atom. The number of halogens is 1. The molecular formula is C22H15ClN4O3S2. The van der Waals surface area contributed by atoms with E-state index in [4.69, 9.17) is 28.3 Å². The van der Waals surface area contributed by atoms with Crippen molar-refractivity contribution in [2.75, 3.05) is 4.72 Å². The molecule has 2 heterocycles. The second kappa shape index (κ2) is 8.01. The molecule has 7 nitrogen and oxygen atoms in total. The highest BCUT2D eigenvalue weighted by Gasteiger charge is 2.27. The molecule has 1 aliphatic carbocycles. The number of fused-ring (bicyclic) bond motifs is 1. The number of hydrogen-bond acceptors (Lipinski definition) is 6. The summed E-state index contributed by atoms with van der Waals surface area (Å²) in [5.41, 5.74) is 3.44. The van der Waals surface area contributed by atoms with E-state index in [1.165, 1.54) is 12.3 Å². The van der Waals surface area contributed by atoms with Gasteiger partial charge in [-0.15, -0.1) is 0 Å². The van der Waals surface area contributed by atoms with E-state index >= 15 is 0 Å². The average Bonchev–Trinajstić information content (AvgIpc) is 3.44. The van der Waals surface area contributed by atoms with Crippen LogP contribution >= 0.6 is 23.8 Å². The number of hydrogen-bond donors (Lipinski definition) is 2. The van der Waals surface area contributed by atoms with E-state index in [-0.39, 0.29) is 10.7 Å². The largest absolute Gasteiger partial charge is 0.364 e. The van der Waals surface area contributed by atoms with Crippen molar-refractivity contribution in [2.24, 2.45) is 0 Å². The van der Waals surface area contributed by atoms with E-state index in [1.807, 2.05) is 42.5 Å². The van der Waals surface area contributed by atoms with Gasteiger partial charge >= 0.3 is 0 Å². The van der Waals surface area contributed by atoms with Gasteiger partial charge in [0.1, 0.15) is 16.9 Å². The molecule has 32 heavy (non-hydrogen) atoms. The lowest BCUT2D eigenvalue weighted by Crippen LogP contribution is -2.21. The Morgan fingerprint density at radius 3 is 2.72 bits per heavy atom. The van der Waals surface area contributed by atoms with Crippen molar-refractivity contribution < 1.29 is 12.9 Å². The number of allylic oxidation sites excluding steroid dienone is 4. The Bertz CT molecular complexity index is 1510. The molecule has 0 saturated heterocycles. The van der Waals surface area contributed by atoms with Crippen molar-refractivity contribution in [3.8, 4) is 11.1 Å². The molecule has 0 radical (unpaired) electrons. The summed E-state index contributed by atoms with van der Waals surface area (Å²) in [7, 11) is -4.00. The van der Waals surface area contributed by atoms with E-state index in [9.17, 15) is 8.42 Å². The first kappa shape index (κ1) is 20.6. The predicted molar refractivity (Wildman–Crippen MR) is 129 cm³/mol. The van der Waals surface area contributed by atoms with Gasteiger partial charge in [0.15, 0.2) is 5.82 Å². The van der Waals surface area contributed by atoms with Crippen LogP contribution in [0, 0.1) is 0 Å². The number of thiocarbonyl (C=S) groups is 1. The molecule has 2 aromatic carbocycles. The molecule has 10 heteroatoms. The maximum absolute atomic E-state index is 13.2. The molecule has 160 valence electrons. The van der Waals surface area contributed by atoms with Crippen LogP contribution < -0.4 is 4.72 Å². The molecule has 2 aromatic heterocycles. The fourth-order valence-corrected chi connectivity index (χ4v) is 5.42. The van der Waals surface area contributed by atoms with Crippen molar-refractivity contribution in [2.45, 2.75) is 6.42 Å². The molecule has 4 aromatic rings. The number of rotatable bonds is 5. The number of nitrogens with one attached hydrogen (secondary N) is 2. The predicted octanol–water partition coefficient (Wildman–Crippen LogP) is 5.35. The maximum Gasteiger partial charge on any atom is 0.264 e. The van der Waals surface area contributed by atoms with Crippen LogP contribution in [-0.2, 0) is 10.0 Å². The fourth-order valence-electron chi connectivity index (χ4n) is 3.49. The first-order valence-electron chi connectivity index (χ1n) is 9.54. The van der Waals surface area contributed by atoms with Gasteiger partial charge in [-0.3, -0.25) is 9.82 Å². The molecule has 2 N–H and O–H groups in total. The molecule has 0 fully saturated rings. The molecule has 5 rings (SSSR count). The van der Waals surface area contributed by atoms with Gasteiger partial charge in [0.05, 0.1) is 10.5 Å². The molecule has 0 bridgehead atoms. The summed E-state index contributed by atoms with van der Waals surface area (Å²) in [5.74, 6) is 0.162. The first-order valence-corrected chi connectivity index (χ1v) is 11.8. The molecule has 0 saturated carbocycles. The zero-order chi connectivity index (χ0) is 22.3. The number of H-pyrrole nitrogens is 1. The summed E-state index contributed by atoms with van der Waals surface area (Å²) in [6, 6.07) is 14.8. The monoisotopic (exact) mass is 482 g/mol. The van der Waals surface area contributed by atoms with Gasteiger partial charge in [-0.25, -0.2) is 8.42 Å². The van der Waals surface area contributed by atoms with Crippen molar-refractivity contribution in [1.82, 2.24) is 15.4 Å². The SMILES string of the molecule is O=S(=O)(Nc1n[nH]c2cc(Cl)c(-c3ccccc3)cc12)C1=CC(c2ccon2)=CCC1=S. The van der Waals surface area contributed by atoms with Crippen LogP contribution in [0.5, 0.6) is 0 Å². The van der Waals surface area contributed by atoms with Crippen LogP contribution in [0.2, 0.25) is 5.02 Å². The molecular weight excluding hydrogens is 468 g/mol. The summed E-state index contributed by atoms with van der Waals surface area (Å²) < 4.78 is 33.9. The highest BCUT2D eigenvalue weighted by atomic mass is 35.5. The number of anilines is 1. The Balaban J connectivity index is 1.54. The third-order valence-electron chi connectivity index (χ3n) is 5.06. The van der Waals surface area contributed by atoms with Crippen LogP contribution in [0.1, 0.15) is 12.1 Å². The molecule has 0 aliphatic heterocycles. The normalized spacial score (nSPS) is 14.3. The Kier molecular flexibility index (Phi) is 5.16. The Hall–Kier alpha value is -3.27. The van der Waals surface area contributed by atoms with Crippen LogP contribution in [0.25, 0.3) is 27.6 Å². The third-order valence-corrected chi connectivity index (χ3v) is 7.29. The van der Waals surface area contributed by atoms with E-state index in [1.54, 1.807) is 12.1 Å². The van der Waals surface area contributed by atoms with Crippen molar-refractivity contribution >= 4 is 61.0 Å². The zero-order valence-electron chi connectivity index (χ0n) is 16.4. The van der Waals surface area contributed by atoms with E-state index in [0.717, 1.165) is 11.1 Å². The minimum Gasteiger partial charge on any atom is -0.364 e. The van der Waals surface area contributed by atoms with Gasteiger partial charge < -0.3 is 4.52 Å². The molecule has 0 amide bonds. The minimum atomic E-state index is -4.00. The number of aromatic amines is 1. The molecule has 0 atom stereocenters. The first-order chi connectivity index (χ1) is 15.4. The summed E-state index contributed by atoms with van der Waals surface area (Å²) in [6.45, 7) is 0. The van der Waals surface area contributed by atoms with Crippen LogP contribution in [0.3, 0.4) is 0 Å². The summed E-state index contributed by atoms with van der Waals surface area (Å²) in [5, 5.41) is 12.0. The van der Waals surface area contributed by atoms with E-state index in [0.29, 0.717) is 38.5 Å². The van der Waals surface area contributed by atoms with E-state index in [2.05, 4.69) is 20.1 Å². The Morgan fingerprint density at radius 1 is 1.16 bits per heavy atom. The van der Waals surface area contributed by atoms with Crippen LogP contribution in [0.4, 0.5) is 5.82 Å². The summed E-state index contributed by atoms with van der Waals surface area (Å²) in [4.78, 5) is 0.305. The van der Waals surface area contributed by atoms with Gasteiger partial charge in [-0.2, -0.15) is 5.10 Å². The molecule has 1 aliphatic rings. The number of aromatic nitrogens is 3.